The van der Waals surface area contributed by atoms with Crippen LogP contribution in [-0.4, -0.2) is 19.1 Å². The topological polar surface area (TPSA) is 50.4 Å². The van der Waals surface area contributed by atoms with Gasteiger partial charge in [-0.05, 0) is 41.6 Å². The zero-order chi connectivity index (χ0) is 18.4. The van der Waals surface area contributed by atoms with Gasteiger partial charge in [-0.1, -0.05) is 50.2 Å². The average Bonchev–Trinajstić information content (AvgIpc) is 2.66. The van der Waals surface area contributed by atoms with Gasteiger partial charge in [-0.15, -0.1) is 0 Å². The fourth-order valence-electron chi connectivity index (χ4n) is 2.64. The molecular formula is C22H24N2O2. The van der Waals surface area contributed by atoms with Crippen LogP contribution in [0.2, 0.25) is 0 Å². The van der Waals surface area contributed by atoms with E-state index in [9.17, 15) is 4.79 Å². The molecule has 0 aliphatic carbocycles. The van der Waals surface area contributed by atoms with Crippen molar-refractivity contribution in [3.05, 3.63) is 66.7 Å². The first kappa shape index (κ1) is 17.8. The van der Waals surface area contributed by atoms with Crippen LogP contribution < -0.4 is 15.4 Å². The van der Waals surface area contributed by atoms with Crippen molar-refractivity contribution in [3.63, 3.8) is 0 Å². The minimum atomic E-state index is -0.0820. The summed E-state index contributed by atoms with van der Waals surface area (Å²) in [5.74, 6) is 1.25. The van der Waals surface area contributed by atoms with Gasteiger partial charge in [-0.3, -0.25) is 4.79 Å². The van der Waals surface area contributed by atoms with Crippen LogP contribution in [-0.2, 0) is 4.79 Å². The molecule has 3 rings (SSSR count). The van der Waals surface area contributed by atoms with Gasteiger partial charge in [0.25, 0.3) is 0 Å². The summed E-state index contributed by atoms with van der Waals surface area (Å²) in [5.41, 5.74) is 1.71. The first-order valence-corrected chi connectivity index (χ1v) is 8.86. The van der Waals surface area contributed by atoms with E-state index in [-0.39, 0.29) is 12.5 Å². The predicted octanol–water partition coefficient (Wildman–Crippen LogP) is 4.93. The summed E-state index contributed by atoms with van der Waals surface area (Å²) in [6, 6.07) is 21.6. The number of hydrogen-bond acceptors (Lipinski definition) is 3. The Balaban J connectivity index is 1.55. The maximum absolute atomic E-state index is 12.3. The molecule has 0 radical (unpaired) electrons. The Morgan fingerprint density at radius 2 is 1.69 bits per heavy atom. The fraction of sp³-hybridized carbons (Fsp3) is 0.227. The van der Waals surface area contributed by atoms with Crippen LogP contribution in [0.3, 0.4) is 0 Å². The van der Waals surface area contributed by atoms with Gasteiger partial charge < -0.3 is 15.4 Å². The molecule has 3 aromatic rings. The molecule has 0 saturated carbocycles. The number of benzene rings is 3. The van der Waals surface area contributed by atoms with Gasteiger partial charge in [0.1, 0.15) is 5.75 Å². The molecule has 26 heavy (non-hydrogen) atoms. The van der Waals surface area contributed by atoms with Gasteiger partial charge in [-0.2, -0.15) is 0 Å². The summed E-state index contributed by atoms with van der Waals surface area (Å²) in [6.07, 6.45) is 0. The smallest absolute Gasteiger partial charge is 0.243 e. The summed E-state index contributed by atoms with van der Waals surface area (Å²) in [7, 11) is 0. The van der Waals surface area contributed by atoms with Crippen LogP contribution in [0.5, 0.6) is 5.75 Å². The van der Waals surface area contributed by atoms with Crippen molar-refractivity contribution in [3.8, 4) is 5.75 Å². The van der Waals surface area contributed by atoms with Crippen molar-refractivity contribution in [2.24, 2.45) is 5.92 Å². The Labute approximate surface area is 154 Å². The van der Waals surface area contributed by atoms with E-state index in [2.05, 4.69) is 24.5 Å². The van der Waals surface area contributed by atoms with Gasteiger partial charge in [0, 0.05) is 16.8 Å². The summed E-state index contributed by atoms with van der Waals surface area (Å²) >= 11 is 0. The molecule has 0 aromatic heterocycles. The lowest BCUT2D eigenvalue weighted by atomic mass is 10.1. The molecule has 0 atom stereocenters. The molecule has 0 aliphatic heterocycles. The van der Waals surface area contributed by atoms with Crippen molar-refractivity contribution in [2.45, 2.75) is 13.8 Å². The lowest BCUT2D eigenvalue weighted by Crippen LogP contribution is -2.21. The number of hydrogen-bond donors (Lipinski definition) is 2. The number of fused-ring (bicyclic) bond motifs is 1. The Hall–Kier alpha value is -3.01. The van der Waals surface area contributed by atoms with Crippen LogP contribution >= 0.6 is 0 Å². The van der Waals surface area contributed by atoms with E-state index in [4.69, 9.17) is 4.74 Å². The number of carbonyl (C=O) groups excluding carboxylic acids is 1. The normalized spacial score (nSPS) is 10.7. The summed E-state index contributed by atoms with van der Waals surface area (Å²) in [4.78, 5) is 12.3. The van der Waals surface area contributed by atoms with Crippen molar-refractivity contribution >= 4 is 28.1 Å². The zero-order valence-electron chi connectivity index (χ0n) is 15.2. The highest BCUT2D eigenvalue weighted by Gasteiger charge is 2.06. The third-order valence-electron chi connectivity index (χ3n) is 3.95. The number of anilines is 2. The van der Waals surface area contributed by atoms with Gasteiger partial charge >= 0.3 is 0 Å². The summed E-state index contributed by atoms with van der Waals surface area (Å²) in [5, 5.41) is 8.25. The zero-order valence-corrected chi connectivity index (χ0v) is 15.2. The highest BCUT2D eigenvalue weighted by atomic mass is 16.5. The number of ether oxygens (including phenoxy) is 1. The molecule has 4 heteroatoms. The summed E-state index contributed by atoms with van der Waals surface area (Å²) < 4.78 is 5.66. The molecule has 3 aromatic carbocycles. The molecule has 0 heterocycles. The van der Waals surface area contributed by atoms with E-state index < -0.39 is 0 Å². The van der Waals surface area contributed by atoms with E-state index in [1.807, 2.05) is 66.7 Å². The average molecular weight is 348 g/mol. The number of rotatable bonds is 7. The molecule has 0 fully saturated rings. The van der Waals surface area contributed by atoms with Crippen LogP contribution in [0.15, 0.2) is 66.7 Å². The minimum absolute atomic E-state index is 0.0820. The Kier molecular flexibility index (Phi) is 5.74. The number of nitrogens with one attached hydrogen (secondary N) is 2. The second-order valence-electron chi connectivity index (χ2n) is 6.66. The molecule has 2 N–H and O–H groups in total. The highest BCUT2D eigenvalue weighted by Crippen LogP contribution is 2.23. The van der Waals surface area contributed by atoms with E-state index >= 15 is 0 Å². The van der Waals surface area contributed by atoms with Gasteiger partial charge in [0.05, 0.1) is 13.2 Å². The Morgan fingerprint density at radius 3 is 2.46 bits per heavy atom. The van der Waals surface area contributed by atoms with Crippen molar-refractivity contribution in [1.82, 2.24) is 0 Å². The fourth-order valence-corrected chi connectivity index (χ4v) is 2.64. The number of amides is 1. The van der Waals surface area contributed by atoms with Crippen LogP contribution in [0.1, 0.15) is 13.8 Å². The number of carbonyl (C=O) groups is 1. The standard InChI is InChI=1S/C22H24N2O2/c1-16(2)15-26-19-12-10-18(11-13-19)23-14-22(25)24-21-9-5-7-17-6-3-4-8-20(17)21/h3-13,16,23H,14-15H2,1-2H3,(H,24,25). The SMILES string of the molecule is CC(C)COc1ccc(NCC(=O)Nc2cccc3ccccc23)cc1. The van der Waals surface area contributed by atoms with Crippen molar-refractivity contribution in [2.75, 3.05) is 23.8 Å². The third kappa shape index (κ3) is 4.76. The van der Waals surface area contributed by atoms with E-state index in [1.165, 1.54) is 0 Å². The lowest BCUT2D eigenvalue weighted by molar-refractivity contribution is -0.114. The van der Waals surface area contributed by atoms with E-state index in [0.29, 0.717) is 12.5 Å². The summed E-state index contributed by atoms with van der Waals surface area (Å²) in [6.45, 7) is 5.13. The maximum Gasteiger partial charge on any atom is 0.243 e. The lowest BCUT2D eigenvalue weighted by Gasteiger charge is -2.11. The second kappa shape index (κ2) is 8.39. The maximum atomic E-state index is 12.3. The Bertz CT molecular complexity index is 867. The minimum Gasteiger partial charge on any atom is -0.493 e. The predicted molar refractivity (Wildman–Crippen MR) is 108 cm³/mol. The molecule has 4 nitrogen and oxygen atoms in total. The highest BCUT2D eigenvalue weighted by molar-refractivity contribution is 6.03. The van der Waals surface area contributed by atoms with Gasteiger partial charge in [-0.25, -0.2) is 0 Å². The monoisotopic (exact) mass is 348 g/mol. The molecule has 0 saturated heterocycles. The first-order chi connectivity index (χ1) is 12.6. The van der Waals surface area contributed by atoms with Gasteiger partial charge in [0.2, 0.25) is 5.91 Å². The molecular weight excluding hydrogens is 324 g/mol. The first-order valence-electron chi connectivity index (χ1n) is 8.86. The molecule has 1 amide bonds. The molecule has 0 bridgehead atoms. The molecule has 0 aliphatic rings. The van der Waals surface area contributed by atoms with Crippen molar-refractivity contribution < 1.29 is 9.53 Å². The van der Waals surface area contributed by atoms with Crippen LogP contribution in [0.4, 0.5) is 11.4 Å². The molecule has 0 spiro atoms. The molecule has 0 unspecified atom stereocenters. The quantitative estimate of drug-likeness (QED) is 0.637. The van der Waals surface area contributed by atoms with E-state index in [1.54, 1.807) is 0 Å². The second-order valence-corrected chi connectivity index (χ2v) is 6.66. The Morgan fingerprint density at radius 1 is 0.962 bits per heavy atom. The third-order valence-corrected chi connectivity index (χ3v) is 3.95. The van der Waals surface area contributed by atoms with Crippen LogP contribution in [0, 0.1) is 5.92 Å². The molecule has 134 valence electrons. The largest absolute Gasteiger partial charge is 0.493 e. The van der Waals surface area contributed by atoms with Gasteiger partial charge in [0.15, 0.2) is 0 Å². The van der Waals surface area contributed by atoms with E-state index in [0.717, 1.165) is 27.9 Å². The van der Waals surface area contributed by atoms with Crippen LogP contribution in [0.25, 0.3) is 10.8 Å². The van der Waals surface area contributed by atoms with Crippen molar-refractivity contribution in [1.29, 1.82) is 0 Å².